The molecule has 2 unspecified atom stereocenters. The Kier molecular flexibility index (Phi) is 13.3. The van der Waals surface area contributed by atoms with Gasteiger partial charge >= 0.3 is 0 Å². The predicted molar refractivity (Wildman–Crippen MR) is 129 cm³/mol. The van der Waals surface area contributed by atoms with Crippen molar-refractivity contribution in [3.05, 3.63) is 0 Å². The lowest BCUT2D eigenvalue weighted by Gasteiger charge is -2.32. The molecule has 0 fully saturated rings. The smallest absolute Gasteiger partial charge is 0.0664 e. The van der Waals surface area contributed by atoms with E-state index in [-0.39, 0.29) is 11.2 Å². The standard InChI is InChI=1S/C26H55NO2/c1-11-23(5,6)17-21-28-25(9,13-3)15-19-27-20-16-26(10,14-4)29-22-18-24(7,8)12-2/h27H,11-22H2,1-10H3. The number of ether oxygens (including phenoxy) is 2. The highest BCUT2D eigenvalue weighted by molar-refractivity contribution is 4.78. The number of hydrogen-bond donors (Lipinski definition) is 1. The van der Waals surface area contributed by atoms with Crippen LogP contribution in [0.1, 0.15) is 121 Å². The molecule has 0 aromatic rings. The van der Waals surface area contributed by atoms with Crippen molar-refractivity contribution >= 4 is 0 Å². The molecule has 0 bridgehead atoms. The normalized spacial score (nSPS) is 17.2. The molecule has 0 aromatic heterocycles. The van der Waals surface area contributed by atoms with Crippen LogP contribution < -0.4 is 5.32 Å². The Balaban J connectivity index is 4.21. The highest BCUT2D eigenvalue weighted by Crippen LogP contribution is 2.28. The van der Waals surface area contributed by atoms with Gasteiger partial charge in [-0.15, -0.1) is 0 Å². The molecule has 0 aliphatic rings. The summed E-state index contributed by atoms with van der Waals surface area (Å²) >= 11 is 0. The van der Waals surface area contributed by atoms with Gasteiger partial charge in [0, 0.05) is 13.2 Å². The van der Waals surface area contributed by atoms with Crippen molar-refractivity contribution in [2.45, 2.75) is 132 Å². The second-order valence-electron chi connectivity index (χ2n) is 11.1. The molecule has 2 atom stereocenters. The molecule has 3 heteroatoms. The molecule has 176 valence electrons. The molecular formula is C26H55NO2. The van der Waals surface area contributed by atoms with Crippen molar-refractivity contribution in [2.75, 3.05) is 26.3 Å². The zero-order chi connectivity index (χ0) is 22.6. The Labute approximate surface area is 184 Å². The van der Waals surface area contributed by atoms with Gasteiger partial charge in [0.05, 0.1) is 11.2 Å². The summed E-state index contributed by atoms with van der Waals surface area (Å²) in [5.41, 5.74) is 0.716. The van der Waals surface area contributed by atoms with Crippen LogP contribution in [0.2, 0.25) is 0 Å². The average Bonchev–Trinajstić information content (AvgIpc) is 2.67. The lowest BCUT2D eigenvalue weighted by molar-refractivity contribution is -0.0535. The Hall–Kier alpha value is -0.120. The molecule has 0 spiro atoms. The molecular weight excluding hydrogens is 358 g/mol. The Morgan fingerprint density at radius 2 is 0.862 bits per heavy atom. The average molecular weight is 414 g/mol. The monoisotopic (exact) mass is 413 g/mol. The quantitative estimate of drug-likeness (QED) is 0.238. The van der Waals surface area contributed by atoms with Crippen LogP contribution in [0, 0.1) is 10.8 Å². The minimum atomic E-state index is -0.0207. The molecule has 0 aliphatic heterocycles. The summed E-state index contributed by atoms with van der Waals surface area (Å²) in [4.78, 5) is 0. The summed E-state index contributed by atoms with van der Waals surface area (Å²) in [7, 11) is 0. The van der Waals surface area contributed by atoms with Crippen molar-refractivity contribution in [2.24, 2.45) is 10.8 Å². The summed E-state index contributed by atoms with van der Waals surface area (Å²) in [6.45, 7) is 26.6. The minimum Gasteiger partial charge on any atom is -0.375 e. The van der Waals surface area contributed by atoms with E-state index in [1.807, 2.05) is 0 Å². The summed E-state index contributed by atoms with van der Waals surface area (Å²) in [6, 6.07) is 0. The molecule has 0 aliphatic carbocycles. The molecule has 0 rings (SSSR count). The molecule has 0 aromatic carbocycles. The Bertz CT molecular complexity index is 383. The van der Waals surface area contributed by atoms with E-state index in [4.69, 9.17) is 9.47 Å². The van der Waals surface area contributed by atoms with Crippen LogP contribution >= 0.6 is 0 Å². The van der Waals surface area contributed by atoms with E-state index in [2.05, 4.69) is 74.6 Å². The maximum atomic E-state index is 6.32. The van der Waals surface area contributed by atoms with Gasteiger partial charge in [0.15, 0.2) is 0 Å². The Morgan fingerprint density at radius 1 is 0.517 bits per heavy atom. The first-order chi connectivity index (χ1) is 13.4. The second kappa shape index (κ2) is 13.3. The lowest BCUT2D eigenvalue weighted by Crippen LogP contribution is -2.37. The maximum Gasteiger partial charge on any atom is 0.0664 e. The summed E-state index contributed by atoms with van der Waals surface area (Å²) in [5.74, 6) is 0. The zero-order valence-electron chi connectivity index (χ0n) is 21.8. The van der Waals surface area contributed by atoms with E-state index in [0.717, 1.165) is 64.8 Å². The molecule has 3 nitrogen and oxygen atoms in total. The van der Waals surface area contributed by atoms with E-state index in [9.17, 15) is 0 Å². The second-order valence-corrected chi connectivity index (χ2v) is 11.1. The largest absolute Gasteiger partial charge is 0.375 e. The van der Waals surface area contributed by atoms with Crippen LogP contribution in [-0.2, 0) is 9.47 Å². The van der Waals surface area contributed by atoms with Gasteiger partial charge in [-0.05, 0) is 76.3 Å². The third kappa shape index (κ3) is 13.0. The van der Waals surface area contributed by atoms with Gasteiger partial charge in [-0.1, -0.05) is 68.2 Å². The van der Waals surface area contributed by atoms with E-state index in [1.165, 1.54) is 12.8 Å². The fourth-order valence-corrected chi connectivity index (χ4v) is 3.03. The fraction of sp³-hybridized carbons (Fsp3) is 1.00. The van der Waals surface area contributed by atoms with Gasteiger partial charge in [0.2, 0.25) is 0 Å². The van der Waals surface area contributed by atoms with Crippen LogP contribution in [0.5, 0.6) is 0 Å². The summed E-state index contributed by atoms with van der Waals surface area (Å²) < 4.78 is 12.6. The highest BCUT2D eigenvalue weighted by atomic mass is 16.5. The van der Waals surface area contributed by atoms with Gasteiger partial charge in [0.25, 0.3) is 0 Å². The first kappa shape index (κ1) is 28.9. The van der Waals surface area contributed by atoms with Gasteiger partial charge in [-0.2, -0.15) is 0 Å². The molecule has 1 N–H and O–H groups in total. The fourth-order valence-electron chi connectivity index (χ4n) is 3.03. The summed E-state index contributed by atoms with van der Waals surface area (Å²) in [5, 5.41) is 3.64. The third-order valence-electron chi connectivity index (χ3n) is 7.53. The third-order valence-corrected chi connectivity index (χ3v) is 7.53. The number of hydrogen-bond acceptors (Lipinski definition) is 3. The Morgan fingerprint density at radius 3 is 1.14 bits per heavy atom. The van der Waals surface area contributed by atoms with Crippen LogP contribution in [-0.4, -0.2) is 37.5 Å². The van der Waals surface area contributed by atoms with E-state index in [1.54, 1.807) is 0 Å². The summed E-state index contributed by atoms with van der Waals surface area (Å²) in [6.07, 6.45) is 8.91. The van der Waals surface area contributed by atoms with Gasteiger partial charge in [-0.25, -0.2) is 0 Å². The predicted octanol–water partition coefficient (Wildman–Crippen LogP) is 7.38. The van der Waals surface area contributed by atoms with Crippen LogP contribution in [0.4, 0.5) is 0 Å². The van der Waals surface area contributed by atoms with Gasteiger partial charge in [0.1, 0.15) is 0 Å². The minimum absolute atomic E-state index is 0.0207. The first-order valence-corrected chi connectivity index (χ1v) is 12.3. The topological polar surface area (TPSA) is 30.5 Å². The van der Waals surface area contributed by atoms with Crippen molar-refractivity contribution in [3.8, 4) is 0 Å². The maximum absolute atomic E-state index is 6.32. The zero-order valence-corrected chi connectivity index (χ0v) is 21.8. The molecule has 0 saturated carbocycles. The molecule has 0 heterocycles. The number of rotatable bonds is 18. The van der Waals surface area contributed by atoms with Crippen LogP contribution in [0.25, 0.3) is 0 Å². The van der Waals surface area contributed by atoms with Crippen molar-refractivity contribution in [1.29, 1.82) is 0 Å². The number of nitrogens with one attached hydrogen (secondary N) is 1. The van der Waals surface area contributed by atoms with Gasteiger partial charge < -0.3 is 14.8 Å². The molecule has 0 radical (unpaired) electrons. The van der Waals surface area contributed by atoms with E-state index >= 15 is 0 Å². The SMILES string of the molecule is CCC(C)(C)CCOC(C)(CC)CCNCCC(C)(CC)OCCC(C)(C)CC. The van der Waals surface area contributed by atoms with E-state index < -0.39 is 0 Å². The highest BCUT2D eigenvalue weighted by Gasteiger charge is 2.26. The van der Waals surface area contributed by atoms with Gasteiger partial charge in [-0.3, -0.25) is 0 Å². The first-order valence-electron chi connectivity index (χ1n) is 12.3. The lowest BCUT2D eigenvalue weighted by atomic mass is 9.87. The van der Waals surface area contributed by atoms with Crippen molar-refractivity contribution < 1.29 is 9.47 Å². The van der Waals surface area contributed by atoms with Crippen LogP contribution in [0.3, 0.4) is 0 Å². The van der Waals surface area contributed by atoms with Crippen molar-refractivity contribution in [3.63, 3.8) is 0 Å². The molecule has 0 saturated heterocycles. The molecule has 29 heavy (non-hydrogen) atoms. The van der Waals surface area contributed by atoms with Crippen LogP contribution in [0.15, 0.2) is 0 Å². The van der Waals surface area contributed by atoms with Crippen molar-refractivity contribution in [1.82, 2.24) is 5.32 Å². The molecule has 0 amide bonds. The van der Waals surface area contributed by atoms with E-state index in [0.29, 0.717) is 10.8 Å².